The number of fused-ring (bicyclic) bond motifs is 1. The van der Waals surface area contributed by atoms with Crippen LogP contribution in [0.3, 0.4) is 0 Å². The maximum atomic E-state index is 13.1. The Hall–Kier alpha value is -3.64. The number of aliphatic hydroxyl groups is 1. The molecule has 4 aromatic rings. The highest BCUT2D eigenvalue weighted by Gasteiger charge is 2.45. The second-order valence-electron chi connectivity index (χ2n) is 8.02. The van der Waals surface area contributed by atoms with Crippen molar-refractivity contribution < 1.29 is 14.7 Å². The number of aromatic nitrogens is 1. The zero-order valence-electron chi connectivity index (χ0n) is 17.7. The van der Waals surface area contributed by atoms with Gasteiger partial charge in [-0.15, -0.1) is 0 Å². The van der Waals surface area contributed by atoms with E-state index in [-0.39, 0.29) is 11.3 Å². The topological polar surface area (TPSA) is 73.4 Å². The minimum Gasteiger partial charge on any atom is -0.507 e. The van der Waals surface area contributed by atoms with Crippen molar-refractivity contribution in [3.63, 3.8) is 0 Å². The van der Waals surface area contributed by atoms with E-state index in [0.29, 0.717) is 18.5 Å². The Morgan fingerprint density at radius 1 is 0.939 bits per heavy atom. The van der Waals surface area contributed by atoms with Crippen LogP contribution in [0.15, 0.2) is 95.1 Å². The van der Waals surface area contributed by atoms with Gasteiger partial charge in [0.1, 0.15) is 5.76 Å². The maximum Gasteiger partial charge on any atom is 0.295 e. The number of nitrogens with one attached hydrogen (secondary N) is 1. The van der Waals surface area contributed by atoms with Gasteiger partial charge in [-0.25, -0.2) is 0 Å². The Morgan fingerprint density at radius 2 is 1.64 bits per heavy atom. The minimum absolute atomic E-state index is 0.118. The number of hydrogen-bond acceptors (Lipinski definition) is 3. The lowest BCUT2D eigenvalue weighted by molar-refractivity contribution is -0.139. The average molecular weight is 501 g/mol. The Morgan fingerprint density at radius 3 is 2.39 bits per heavy atom. The van der Waals surface area contributed by atoms with E-state index in [9.17, 15) is 14.7 Å². The second-order valence-corrected chi connectivity index (χ2v) is 8.94. The summed E-state index contributed by atoms with van der Waals surface area (Å²) in [5, 5.41) is 12.2. The Labute approximate surface area is 199 Å². The molecule has 3 aromatic carbocycles. The van der Waals surface area contributed by atoms with Gasteiger partial charge in [0.05, 0.1) is 11.6 Å². The van der Waals surface area contributed by atoms with Gasteiger partial charge >= 0.3 is 0 Å². The highest BCUT2D eigenvalue weighted by Crippen LogP contribution is 2.39. The third-order valence-corrected chi connectivity index (χ3v) is 6.60. The monoisotopic (exact) mass is 500 g/mol. The number of halogens is 1. The first kappa shape index (κ1) is 21.2. The number of para-hydroxylation sites is 1. The van der Waals surface area contributed by atoms with Crippen LogP contribution in [0.4, 0.5) is 0 Å². The smallest absolute Gasteiger partial charge is 0.295 e. The molecule has 5 nitrogen and oxygen atoms in total. The number of Topliss-reactive ketones (excluding diaryl/α,β-unsaturated/α-hetero) is 1. The van der Waals surface area contributed by atoms with E-state index in [1.165, 1.54) is 0 Å². The molecule has 1 saturated heterocycles. The van der Waals surface area contributed by atoms with Crippen molar-refractivity contribution in [2.24, 2.45) is 0 Å². The normalized spacial score (nSPS) is 17.7. The molecule has 164 valence electrons. The third-order valence-electron chi connectivity index (χ3n) is 6.07. The Kier molecular flexibility index (Phi) is 5.60. The van der Waals surface area contributed by atoms with Crippen LogP contribution >= 0.6 is 15.9 Å². The molecule has 5 rings (SSSR count). The number of aliphatic hydroxyl groups excluding tert-OH is 1. The molecular formula is C27H21BrN2O3. The van der Waals surface area contributed by atoms with E-state index in [1.807, 2.05) is 60.8 Å². The fourth-order valence-corrected chi connectivity index (χ4v) is 4.70. The van der Waals surface area contributed by atoms with E-state index in [4.69, 9.17) is 0 Å². The van der Waals surface area contributed by atoms with Crippen molar-refractivity contribution >= 4 is 44.3 Å². The first-order valence-electron chi connectivity index (χ1n) is 10.7. The summed E-state index contributed by atoms with van der Waals surface area (Å²) in [7, 11) is 0. The van der Waals surface area contributed by atoms with Crippen molar-refractivity contribution in [2.75, 3.05) is 6.54 Å². The second kappa shape index (κ2) is 8.71. The number of hydrogen-bond donors (Lipinski definition) is 2. The molecule has 1 unspecified atom stereocenters. The van der Waals surface area contributed by atoms with Crippen LogP contribution in [-0.2, 0) is 16.0 Å². The molecule has 1 fully saturated rings. The van der Waals surface area contributed by atoms with Crippen molar-refractivity contribution in [1.29, 1.82) is 0 Å². The summed E-state index contributed by atoms with van der Waals surface area (Å²) < 4.78 is 0.859. The number of ketones is 1. The standard InChI is InChI=1S/C27H21BrN2O3/c28-20-12-10-18(11-13-20)25(31)23-24(17-6-2-1-3-7-17)30(27(33)26(23)32)15-14-19-16-29-22-9-5-4-8-21(19)22/h1-13,16,24,29,31H,14-15H2. The molecule has 0 radical (unpaired) electrons. The fraction of sp³-hybridized carbons (Fsp3) is 0.111. The molecule has 0 bridgehead atoms. The van der Waals surface area contributed by atoms with Crippen LogP contribution in [0, 0.1) is 0 Å². The summed E-state index contributed by atoms with van der Waals surface area (Å²) in [5.74, 6) is -1.42. The van der Waals surface area contributed by atoms with Gasteiger partial charge < -0.3 is 15.0 Å². The quantitative estimate of drug-likeness (QED) is 0.213. The predicted molar refractivity (Wildman–Crippen MR) is 132 cm³/mol. The van der Waals surface area contributed by atoms with Crippen molar-refractivity contribution in [2.45, 2.75) is 12.5 Å². The SMILES string of the molecule is O=C1C(=O)N(CCc2c[nH]c3ccccc23)C(c2ccccc2)C1=C(O)c1ccc(Br)cc1. The summed E-state index contributed by atoms with van der Waals surface area (Å²) >= 11 is 3.38. The predicted octanol–water partition coefficient (Wildman–Crippen LogP) is 5.59. The van der Waals surface area contributed by atoms with Gasteiger partial charge in [0, 0.05) is 33.7 Å². The lowest BCUT2D eigenvalue weighted by atomic mass is 9.95. The molecule has 1 aromatic heterocycles. The van der Waals surface area contributed by atoms with Crippen LogP contribution < -0.4 is 0 Å². The van der Waals surface area contributed by atoms with E-state index in [1.54, 1.807) is 29.2 Å². The Bertz CT molecular complexity index is 1370. The van der Waals surface area contributed by atoms with Crippen LogP contribution in [-0.4, -0.2) is 33.2 Å². The number of H-pyrrole nitrogens is 1. The van der Waals surface area contributed by atoms with Crippen molar-refractivity contribution in [3.05, 3.63) is 112 Å². The van der Waals surface area contributed by atoms with E-state index < -0.39 is 17.7 Å². The van der Waals surface area contributed by atoms with Gasteiger partial charge in [0.2, 0.25) is 0 Å². The number of nitrogens with zero attached hydrogens (tertiary/aromatic N) is 1. The van der Waals surface area contributed by atoms with E-state index in [0.717, 1.165) is 26.5 Å². The number of benzene rings is 3. The summed E-state index contributed by atoms with van der Waals surface area (Å²) in [6.07, 6.45) is 2.53. The van der Waals surface area contributed by atoms with Gasteiger partial charge in [-0.1, -0.05) is 76.6 Å². The summed E-state index contributed by atoms with van der Waals surface area (Å²) in [6.45, 7) is 0.350. The zero-order chi connectivity index (χ0) is 22.9. The highest BCUT2D eigenvalue weighted by atomic mass is 79.9. The molecule has 6 heteroatoms. The van der Waals surface area contributed by atoms with E-state index in [2.05, 4.69) is 20.9 Å². The summed E-state index contributed by atoms with van der Waals surface area (Å²) in [4.78, 5) is 31.1. The summed E-state index contributed by atoms with van der Waals surface area (Å²) in [5.41, 5.74) is 3.51. The zero-order valence-corrected chi connectivity index (χ0v) is 19.2. The molecule has 0 aliphatic carbocycles. The van der Waals surface area contributed by atoms with Gasteiger partial charge in [-0.05, 0) is 35.7 Å². The number of likely N-dealkylation sites (tertiary alicyclic amines) is 1. The first-order chi connectivity index (χ1) is 16.0. The van der Waals surface area contributed by atoms with Crippen molar-refractivity contribution in [1.82, 2.24) is 9.88 Å². The molecule has 2 heterocycles. The number of aromatic amines is 1. The molecule has 1 amide bonds. The molecule has 0 saturated carbocycles. The lowest BCUT2D eigenvalue weighted by Gasteiger charge is -2.25. The highest BCUT2D eigenvalue weighted by molar-refractivity contribution is 9.10. The van der Waals surface area contributed by atoms with Crippen molar-refractivity contribution in [3.8, 4) is 0 Å². The maximum absolute atomic E-state index is 13.1. The first-order valence-corrected chi connectivity index (χ1v) is 11.5. The van der Waals surface area contributed by atoms with Gasteiger partial charge in [-0.3, -0.25) is 9.59 Å². The van der Waals surface area contributed by atoms with Crippen LogP contribution in [0.1, 0.15) is 22.7 Å². The Balaban J connectivity index is 1.55. The molecule has 1 atom stereocenters. The largest absolute Gasteiger partial charge is 0.507 e. The third kappa shape index (κ3) is 3.87. The van der Waals surface area contributed by atoms with E-state index >= 15 is 0 Å². The molecular weight excluding hydrogens is 480 g/mol. The fourth-order valence-electron chi connectivity index (χ4n) is 4.44. The summed E-state index contributed by atoms with van der Waals surface area (Å²) in [6, 6.07) is 23.8. The number of carbonyl (C=O) groups is 2. The van der Waals surface area contributed by atoms with Crippen LogP contribution in [0.2, 0.25) is 0 Å². The van der Waals surface area contributed by atoms with Gasteiger partial charge in [0.15, 0.2) is 0 Å². The number of amides is 1. The van der Waals surface area contributed by atoms with Crippen LogP contribution in [0.5, 0.6) is 0 Å². The number of rotatable bonds is 5. The van der Waals surface area contributed by atoms with Gasteiger partial charge in [-0.2, -0.15) is 0 Å². The van der Waals surface area contributed by atoms with Crippen LogP contribution in [0.25, 0.3) is 16.7 Å². The number of carbonyl (C=O) groups excluding carboxylic acids is 2. The molecule has 0 spiro atoms. The molecule has 2 N–H and O–H groups in total. The average Bonchev–Trinajstić information content (AvgIpc) is 3.37. The lowest BCUT2D eigenvalue weighted by Crippen LogP contribution is -2.31. The molecule has 1 aliphatic rings. The van der Waals surface area contributed by atoms with Gasteiger partial charge in [0.25, 0.3) is 11.7 Å². The molecule has 33 heavy (non-hydrogen) atoms. The minimum atomic E-state index is -0.664. The molecule has 1 aliphatic heterocycles.